The molecule has 150 valence electrons. The van der Waals surface area contributed by atoms with Gasteiger partial charge < -0.3 is 20.5 Å². The van der Waals surface area contributed by atoms with Crippen LogP contribution < -0.4 is 16.2 Å². The number of H-pyrrole nitrogens is 1. The van der Waals surface area contributed by atoms with E-state index in [-0.39, 0.29) is 17.5 Å². The van der Waals surface area contributed by atoms with Crippen molar-refractivity contribution in [2.45, 2.75) is 38.1 Å². The van der Waals surface area contributed by atoms with Crippen LogP contribution in [0.2, 0.25) is 0 Å². The lowest BCUT2D eigenvalue weighted by molar-refractivity contribution is -0.123. The SMILES string of the molecule is O=C(NCC1CCCN(CCc2nc3ccccc3c(=O)[nH]2)C1)C1CCCN1. The van der Waals surface area contributed by atoms with Crippen molar-refractivity contribution < 1.29 is 4.79 Å². The third-order valence-electron chi connectivity index (χ3n) is 5.87. The number of aromatic nitrogens is 2. The summed E-state index contributed by atoms with van der Waals surface area (Å²) in [7, 11) is 0. The molecule has 3 N–H and O–H groups in total. The van der Waals surface area contributed by atoms with Gasteiger partial charge in [0, 0.05) is 26.1 Å². The van der Waals surface area contributed by atoms with Gasteiger partial charge in [0.05, 0.1) is 16.9 Å². The van der Waals surface area contributed by atoms with E-state index in [0.29, 0.717) is 11.3 Å². The van der Waals surface area contributed by atoms with Crippen LogP contribution >= 0.6 is 0 Å². The van der Waals surface area contributed by atoms with E-state index < -0.39 is 0 Å². The van der Waals surface area contributed by atoms with Gasteiger partial charge in [-0.15, -0.1) is 0 Å². The number of carbonyl (C=O) groups is 1. The highest BCUT2D eigenvalue weighted by molar-refractivity contribution is 5.82. The quantitative estimate of drug-likeness (QED) is 0.694. The molecule has 0 radical (unpaired) electrons. The highest BCUT2D eigenvalue weighted by Crippen LogP contribution is 2.16. The minimum Gasteiger partial charge on any atom is -0.354 e. The van der Waals surface area contributed by atoms with Crippen molar-refractivity contribution in [2.24, 2.45) is 5.92 Å². The monoisotopic (exact) mass is 383 g/mol. The number of rotatable bonds is 6. The third kappa shape index (κ3) is 4.59. The molecule has 2 unspecified atom stereocenters. The summed E-state index contributed by atoms with van der Waals surface area (Å²) in [5.74, 6) is 1.38. The number of fused-ring (bicyclic) bond motifs is 1. The zero-order valence-electron chi connectivity index (χ0n) is 16.2. The number of benzene rings is 1. The Morgan fingerprint density at radius 3 is 3.00 bits per heavy atom. The van der Waals surface area contributed by atoms with Gasteiger partial charge in [0.15, 0.2) is 0 Å². The fourth-order valence-electron chi connectivity index (χ4n) is 4.31. The van der Waals surface area contributed by atoms with Crippen LogP contribution in [0.15, 0.2) is 29.1 Å². The minimum absolute atomic E-state index is 0.00417. The Bertz CT molecular complexity index is 874. The van der Waals surface area contributed by atoms with Crippen LogP contribution in [-0.4, -0.2) is 59.5 Å². The van der Waals surface area contributed by atoms with Gasteiger partial charge in [0.25, 0.3) is 5.56 Å². The van der Waals surface area contributed by atoms with Gasteiger partial charge in [-0.25, -0.2) is 4.98 Å². The number of para-hydroxylation sites is 1. The lowest BCUT2D eigenvalue weighted by Gasteiger charge is -2.32. The Hall–Kier alpha value is -2.25. The number of hydrogen-bond acceptors (Lipinski definition) is 5. The van der Waals surface area contributed by atoms with E-state index in [9.17, 15) is 9.59 Å². The predicted molar refractivity (Wildman–Crippen MR) is 109 cm³/mol. The average Bonchev–Trinajstić information content (AvgIpc) is 3.26. The van der Waals surface area contributed by atoms with Crippen LogP contribution in [-0.2, 0) is 11.2 Å². The predicted octanol–water partition coefficient (Wildman–Crippen LogP) is 1.05. The molecule has 7 heteroatoms. The molecule has 2 aliphatic heterocycles. The Kier molecular flexibility index (Phi) is 6.02. The van der Waals surface area contributed by atoms with Gasteiger partial charge in [-0.2, -0.15) is 0 Å². The number of aromatic amines is 1. The van der Waals surface area contributed by atoms with Crippen LogP contribution in [0.1, 0.15) is 31.5 Å². The molecule has 0 bridgehead atoms. The maximum absolute atomic E-state index is 12.2. The smallest absolute Gasteiger partial charge is 0.258 e. The van der Waals surface area contributed by atoms with Crippen molar-refractivity contribution in [2.75, 3.05) is 32.7 Å². The van der Waals surface area contributed by atoms with E-state index in [1.165, 1.54) is 0 Å². The molecule has 28 heavy (non-hydrogen) atoms. The maximum atomic E-state index is 12.2. The topological polar surface area (TPSA) is 90.1 Å². The summed E-state index contributed by atoms with van der Waals surface area (Å²) in [5.41, 5.74) is 0.682. The fraction of sp³-hybridized carbons (Fsp3) is 0.571. The maximum Gasteiger partial charge on any atom is 0.258 e. The Morgan fingerprint density at radius 2 is 2.14 bits per heavy atom. The number of likely N-dealkylation sites (tertiary alicyclic amines) is 1. The number of nitrogens with one attached hydrogen (secondary N) is 3. The zero-order chi connectivity index (χ0) is 19.3. The summed E-state index contributed by atoms with van der Waals surface area (Å²) >= 11 is 0. The Balaban J connectivity index is 1.28. The van der Waals surface area contributed by atoms with Crippen molar-refractivity contribution in [3.63, 3.8) is 0 Å². The summed E-state index contributed by atoms with van der Waals surface area (Å²) in [6.07, 6.45) is 5.05. The molecule has 2 aliphatic rings. The second-order valence-electron chi connectivity index (χ2n) is 7.98. The van der Waals surface area contributed by atoms with Crippen LogP contribution in [0.5, 0.6) is 0 Å². The fourth-order valence-corrected chi connectivity index (χ4v) is 4.31. The van der Waals surface area contributed by atoms with E-state index in [1.807, 2.05) is 18.2 Å². The largest absolute Gasteiger partial charge is 0.354 e. The number of amides is 1. The first-order valence-electron chi connectivity index (χ1n) is 10.4. The molecular formula is C21H29N5O2. The van der Waals surface area contributed by atoms with Crippen LogP contribution in [0, 0.1) is 5.92 Å². The van der Waals surface area contributed by atoms with E-state index in [0.717, 1.165) is 76.2 Å². The van der Waals surface area contributed by atoms with Crippen molar-refractivity contribution in [3.8, 4) is 0 Å². The molecule has 2 aromatic rings. The number of nitrogens with zero attached hydrogens (tertiary/aromatic N) is 2. The molecule has 0 aliphatic carbocycles. The van der Waals surface area contributed by atoms with Crippen LogP contribution in [0.4, 0.5) is 0 Å². The molecule has 2 atom stereocenters. The molecule has 2 saturated heterocycles. The summed E-state index contributed by atoms with van der Waals surface area (Å²) in [6.45, 7) is 4.61. The van der Waals surface area contributed by atoms with Crippen molar-refractivity contribution >= 4 is 16.8 Å². The standard InChI is InChI=1S/C21H29N5O2/c27-20-16-6-1-2-7-17(16)24-19(25-20)9-12-26-11-4-5-15(14-26)13-23-21(28)18-8-3-10-22-18/h1-2,6-7,15,18,22H,3-5,8-14H2,(H,23,28)(H,24,25,27). The normalized spacial score (nSPS) is 23.1. The Morgan fingerprint density at radius 1 is 1.25 bits per heavy atom. The van der Waals surface area contributed by atoms with E-state index >= 15 is 0 Å². The summed E-state index contributed by atoms with van der Waals surface area (Å²) < 4.78 is 0. The summed E-state index contributed by atoms with van der Waals surface area (Å²) in [6, 6.07) is 7.44. The molecule has 1 aromatic carbocycles. The molecule has 0 saturated carbocycles. The van der Waals surface area contributed by atoms with Gasteiger partial charge in [-0.3, -0.25) is 9.59 Å². The van der Waals surface area contributed by atoms with E-state index in [4.69, 9.17) is 0 Å². The molecule has 7 nitrogen and oxygen atoms in total. The van der Waals surface area contributed by atoms with Crippen LogP contribution in [0.3, 0.4) is 0 Å². The number of hydrogen-bond donors (Lipinski definition) is 3. The zero-order valence-corrected chi connectivity index (χ0v) is 16.2. The lowest BCUT2D eigenvalue weighted by Crippen LogP contribution is -2.45. The van der Waals surface area contributed by atoms with Crippen molar-refractivity contribution in [3.05, 3.63) is 40.4 Å². The Labute approximate surface area is 164 Å². The highest BCUT2D eigenvalue weighted by Gasteiger charge is 2.24. The second-order valence-corrected chi connectivity index (χ2v) is 7.98. The average molecular weight is 383 g/mol. The van der Waals surface area contributed by atoms with Gasteiger partial charge in [0.2, 0.25) is 5.91 Å². The first-order chi connectivity index (χ1) is 13.7. The van der Waals surface area contributed by atoms with E-state index in [2.05, 4.69) is 25.5 Å². The van der Waals surface area contributed by atoms with Crippen molar-refractivity contribution in [1.29, 1.82) is 0 Å². The minimum atomic E-state index is -0.0691. The van der Waals surface area contributed by atoms with Gasteiger partial charge >= 0.3 is 0 Å². The van der Waals surface area contributed by atoms with Crippen molar-refractivity contribution in [1.82, 2.24) is 25.5 Å². The molecule has 1 aromatic heterocycles. The van der Waals surface area contributed by atoms with E-state index in [1.54, 1.807) is 6.07 Å². The molecule has 2 fully saturated rings. The summed E-state index contributed by atoms with van der Waals surface area (Å²) in [4.78, 5) is 34.3. The van der Waals surface area contributed by atoms with Gasteiger partial charge in [0.1, 0.15) is 5.82 Å². The molecular weight excluding hydrogens is 354 g/mol. The molecule has 3 heterocycles. The number of carbonyl (C=O) groups excluding carboxylic acids is 1. The summed E-state index contributed by atoms with van der Waals surface area (Å²) in [5, 5.41) is 7.01. The van der Waals surface area contributed by atoms with Gasteiger partial charge in [-0.05, 0) is 56.8 Å². The second kappa shape index (κ2) is 8.84. The first-order valence-corrected chi connectivity index (χ1v) is 10.4. The number of piperidine rings is 1. The molecule has 4 rings (SSSR count). The molecule has 0 spiro atoms. The van der Waals surface area contributed by atoms with Crippen LogP contribution in [0.25, 0.3) is 10.9 Å². The first kappa shape index (κ1) is 19.1. The molecule has 1 amide bonds. The lowest BCUT2D eigenvalue weighted by atomic mass is 9.97. The third-order valence-corrected chi connectivity index (χ3v) is 5.87. The van der Waals surface area contributed by atoms with Gasteiger partial charge in [-0.1, -0.05) is 12.1 Å². The highest BCUT2D eigenvalue weighted by atomic mass is 16.2.